The number of carbonyl (C=O) groups excluding carboxylic acids is 2. The molecule has 0 radical (unpaired) electrons. The SMILES string of the molecule is CN(C)C(=O)COc1cccc(NC2=NC3N=CNC3C(=NC3C4C=CC(C4)C3C(N)=O)N2)c1. The summed E-state index contributed by atoms with van der Waals surface area (Å²) < 4.78 is 5.60. The van der Waals surface area contributed by atoms with Crippen LogP contribution >= 0.6 is 0 Å². The zero-order valence-electron chi connectivity index (χ0n) is 19.0. The zero-order valence-corrected chi connectivity index (χ0v) is 19.0. The van der Waals surface area contributed by atoms with Gasteiger partial charge in [-0.3, -0.25) is 14.6 Å². The third-order valence-electron chi connectivity index (χ3n) is 6.57. The van der Waals surface area contributed by atoms with Crippen LogP contribution in [0.15, 0.2) is 51.4 Å². The molecular formula is C23H28N8O3. The molecule has 4 aliphatic rings. The van der Waals surface area contributed by atoms with E-state index in [9.17, 15) is 9.59 Å². The van der Waals surface area contributed by atoms with E-state index in [1.807, 2.05) is 12.1 Å². The second kappa shape index (κ2) is 8.81. The van der Waals surface area contributed by atoms with Crippen molar-refractivity contribution >= 4 is 35.6 Å². The summed E-state index contributed by atoms with van der Waals surface area (Å²) in [5.74, 6) is 1.31. The molecule has 1 saturated carbocycles. The summed E-state index contributed by atoms with van der Waals surface area (Å²) >= 11 is 0. The van der Waals surface area contributed by atoms with Crippen LogP contribution in [-0.2, 0) is 9.59 Å². The summed E-state index contributed by atoms with van der Waals surface area (Å²) in [6, 6.07) is 6.83. The Bertz CT molecular complexity index is 1110. The number of amidine groups is 1. The number of likely N-dealkylation sites (N-methyl/N-ethyl adjacent to an activating group) is 1. The quantitative estimate of drug-likeness (QED) is 0.434. The number of carbonyl (C=O) groups is 2. The minimum Gasteiger partial charge on any atom is -0.484 e. The number of hydrogen-bond donors (Lipinski definition) is 4. The van der Waals surface area contributed by atoms with Crippen LogP contribution in [0.1, 0.15) is 6.42 Å². The first-order valence-electron chi connectivity index (χ1n) is 11.3. The van der Waals surface area contributed by atoms with Gasteiger partial charge in [-0.05, 0) is 24.5 Å². The normalized spacial score (nSPS) is 31.5. The molecule has 1 fully saturated rings. The van der Waals surface area contributed by atoms with Crippen molar-refractivity contribution in [2.75, 3.05) is 26.0 Å². The van der Waals surface area contributed by atoms with Gasteiger partial charge in [0.15, 0.2) is 12.8 Å². The first-order chi connectivity index (χ1) is 16.4. The van der Waals surface area contributed by atoms with Gasteiger partial charge in [0.05, 0.1) is 18.3 Å². The average Bonchev–Trinajstić information content (AvgIpc) is 3.54. The van der Waals surface area contributed by atoms with Gasteiger partial charge in [-0.2, -0.15) is 0 Å². The Morgan fingerprint density at radius 2 is 2.12 bits per heavy atom. The fourth-order valence-electron chi connectivity index (χ4n) is 4.83. The lowest BCUT2D eigenvalue weighted by atomic mass is 9.88. The van der Waals surface area contributed by atoms with Gasteiger partial charge in [0, 0.05) is 31.8 Å². The van der Waals surface area contributed by atoms with Crippen LogP contribution in [0.2, 0.25) is 0 Å². The molecule has 34 heavy (non-hydrogen) atoms. The molecule has 2 aliphatic heterocycles. The Labute approximate surface area is 197 Å². The monoisotopic (exact) mass is 464 g/mol. The third-order valence-corrected chi connectivity index (χ3v) is 6.57. The van der Waals surface area contributed by atoms with Gasteiger partial charge >= 0.3 is 0 Å². The van der Waals surface area contributed by atoms with Crippen molar-refractivity contribution in [3.8, 4) is 5.75 Å². The third kappa shape index (κ3) is 4.20. The number of aliphatic imine (C=N–C) groups is 3. The molecule has 6 unspecified atom stereocenters. The van der Waals surface area contributed by atoms with Gasteiger partial charge in [-0.15, -0.1) is 0 Å². The van der Waals surface area contributed by atoms with Gasteiger partial charge in [-0.1, -0.05) is 18.2 Å². The highest BCUT2D eigenvalue weighted by Crippen LogP contribution is 2.45. The number of nitrogens with one attached hydrogen (secondary N) is 3. The van der Waals surface area contributed by atoms with Crippen LogP contribution in [0.25, 0.3) is 0 Å². The van der Waals surface area contributed by atoms with Crippen molar-refractivity contribution in [1.82, 2.24) is 15.5 Å². The van der Waals surface area contributed by atoms with Crippen LogP contribution in [0, 0.1) is 17.8 Å². The lowest BCUT2D eigenvalue weighted by molar-refractivity contribution is -0.130. The summed E-state index contributed by atoms with van der Waals surface area (Å²) in [6.07, 6.45) is 6.37. The largest absolute Gasteiger partial charge is 0.484 e. The van der Waals surface area contributed by atoms with Gasteiger partial charge in [0.2, 0.25) is 11.9 Å². The van der Waals surface area contributed by atoms with Crippen molar-refractivity contribution in [3.63, 3.8) is 0 Å². The summed E-state index contributed by atoms with van der Waals surface area (Å²) in [7, 11) is 3.36. The lowest BCUT2D eigenvalue weighted by Gasteiger charge is -2.29. The maximum absolute atomic E-state index is 12.1. The number of rotatable bonds is 6. The van der Waals surface area contributed by atoms with E-state index >= 15 is 0 Å². The molecule has 11 heteroatoms. The molecule has 1 aromatic carbocycles. The van der Waals surface area contributed by atoms with Crippen molar-refractivity contribution in [1.29, 1.82) is 0 Å². The smallest absolute Gasteiger partial charge is 0.259 e. The number of amides is 2. The summed E-state index contributed by atoms with van der Waals surface area (Å²) in [5.41, 5.74) is 6.44. The number of guanidine groups is 1. The van der Waals surface area contributed by atoms with E-state index in [-0.39, 0.29) is 54.4 Å². The number of nitrogens with two attached hydrogens (primary N) is 1. The number of fused-ring (bicyclic) bond motifs is 3. The molecular weight excluding hydrogens is 436 g/mol. The van der Waals surface area contributed by atoms with E-state index in [2.05, 4.69) is 38.1 Å². The summed E-state index contributed by atoms with van der Waals surface area (Å²) in [4.78, 5) is 39.4. The number of hydrogen-bond acceptors (Lipinski definition) is 8. The van der Waals surface area contributed by atoms with E-state index in [0.29, 0.717) is 17.5 Å². The standard InChI is InChI=1S/C23H28N8O3/c1-31(2)16(32)10-34-15-5-3-4-14(9-15)27-23-29-21-19(25-11-26-21)22(30-23)28-18-13-7-6-12(8-13)17(18)20(24)33/h3-7,9,11-13,17-19,21H,8,10H2,1-2H3,(H2,24,33)(H,25,26)(H2,27,28,29,30). The molecule has 6 atom stereocenters. The second-order valence-corrected chi connectivity index (χ2v) is 9.05. The molecule has 2 aliphatic carbocycles. The van der Waals surface area contributed by atoms with Crippen LogP contribution < -0.4 is 26.4 Å². The number of benzene rings is 1. The molecule has 0 spiro atoms. The lowest BCUT2D eigenvalue weighted by Crippen LogP contribution is -2.55. The maximum atomic E-state index is 12.1. The van der Waals surface area contributed by atoms with Gasteiger partial charge in [0.1, 0.15) is 17.6 Å². The van der Waals surface area contributed by atoms with Crippen LogP contribution in [0.4, 0.5) is 5.69 Å². The van der Waals surface area contributed by atoms with Crippen molar-refractivity contribution in [2.24, 2.45) is 38.5 Å². The van der Waals surface area contributed by atoms with E-state index in [1.165, 1.54) is 4.90 Å². The van der Waals surface area contributed by atoms with Gasteiger partial charge < -0.3 is 31.3 Å². The van der Waals surface area contributed by atoms with E-state index in [1.54, 1.807) is 32.6 Å². The Balaban J connectivity index is 1.33. The molecule has 5 rings (SSSR count). The van der Waals surface area contributed by atoms with Gasteiger partial charge in [-0.25, -0.2) is 9.98 Å². The fourth-order valence-corrected chi connectivity index (χ4v) is 4.83. The Morgan fingerprint density at radius 1 is 1.29 bits per heavy atom. The first-order valence-corrected chi connectivity index (χ1v) is 11.3. The van der Waals surface area contributed by atoms with Crippen LogP contribution in [0.3, 0.4) is 0 Å². The Kier molecular flexibility index (Phi) is 5.68. The van der Waals surface area contributed by atoms with E-state index in [4.69, 9.17) is 15.5 Å². The number of allylic oxidation sites excluding steroid dienone is 1. The Hall–Kier alpha value is -3.89. The number of primary amides is 1. The molecule has 0 aromatic heterocycles. The second-order valence-electron chi connectivity index (χ2n) is 9.05. The molecule has 1 aromatic rings. The van der Waals surface area contributed by atoms with E-state index in [0.717, 1.165) is 12.1 Å². The first kappa shape index (κ1) is 21.9. The predicted octanol–water partition coefficient (Wildman–Crippen LogP) is -0.0746. The highest BCUT2D eigenvalue weighted by Gasteiger charge is 2.48. The van der Waals surface area contributed by atoms with Crippen molar-refractivity contribution in [3.05, 3.63) is 36.4 Å². The van der Waals surface area contributed by atoms with Crippen molar-refractivity contribution in [2.45, 2.75) is 24.7 Å². The molecule has 0 saturated heterocycles. The highest BCUT2D eigenvalue weighted by molar-refractivity contribution is 6.10. The molecule has 178 valence electrons. The van der Waals surface area contributed by atoms with Crippen molar-refractivity contribution < 1.29 is 14.3 Å². The molecule has 2 amide bonds. The topological polar surface area (TPSA) is 146 Å². The average molecular weight is 465 g/mol. The number of anilines is 1. The molecule has 2 bridgehead atoms. The molecule has 2 heterocycles. The predicted molar refractivity (Wildman–Crippen MR) is 129 cm³/mol. The van der Waals surface area contributed by atoms with E-state index < -0.39 is 0 Å². The van der Waals surface area contributed by atoms with Gasteiger partial charge in [0.25, 0.3) is 5.91 Å². The molecule has 11 nitrogen and oxygen atoms in total. The summed E-state index contributed by atoms with van der Waals surface area (Å²) in [6.45, 7) is -0.0460. The van der Waals surface area contributed by atoms with Crippen LogP contribution in [0.5, 0.6) is 5.75 Å². The summed E-state index contributed by atoms with van der Waals surface area (Å²) in [5, 5.41) is 9.71. The number of nitrogens with zero attached hydrogens (tertiary/aromatic N) is 4. The number of ether oxygens (including phenoxy) is 1. The highest BCUT2D eigenvalue weighted by atomic mass is 16.5. The fraction of sp³-hybridized carbons (Fsp3) is 0.435. The minimum absolute atomic E-state index is 0.0460. The maximum Gasteiger partial charge on any atom is 0.259 e. The minimum atomic E-state index is -0.374. The van der Waals surface area contributed by atoms with Crippen LogP contribution in [-0.4, -0.2) is 73.8 Å². The molecule has 5 N–H and O–H groups in total. The Morgan fingerprint density at radius 3 is 2.91 bits per heavy atom. The zero-order chi connectivity index (χ0) is 23.8.